The molecule has 6 heteroatoms. The number of likely N-dealkylation sites (N-methyl/N-ethyl adjacent to an activating group) is 1. The van der Waals surface area contributed by atoms with Crippen LogP contribution in [-0.2, 0) is 9.53 Å². The number of hydrogen-bond donors (Lipinski definition) is 2. The van der Waals surface area contributed by atoms with E-state index < -0.39 is 0 Å². The van der Waals surface area contributed by atoms with Crippen molar-refractivity contribution in [1.82, 2.24) is 9.62 Å². The Kier molecular flexibility index (Phi) is 6.11. The van der Waals surface area contributed by atoms with E-state index in [1.807, 2.05) is 31.2 Å². The standard InChI is InChI=1S/C16H25N3O2S/c1-11(15(21-3)14-5-4-10-19(14)2)16(20)18-22-13-8-6-12(17)7-9-13/h6-9,11,14-15H,4-5,10,17H2,1-3H3,(H,18,20). The summed E-state index contributed by atoms with van der Waals surface area (Å²) in [5.41, 5.74) is 6.37. The number of anilines is 1. The summed E-state index contributed by atoms with van der Waals surface area (Å²) in [6.45, 7) is 3.00. The quantitative estimate of drug-likeness (QED) is 0.620. The van der Waals surface area contributed by atoms with Gasteiger partial charge in [0, 0.05) is 23.7 Å². The average molecular weight is 323 g/mol. The molecular weight excluding hydrogens is 298 g/mol. The van der Waals surface area contributed by atoms with Crippen molar-refractivity contribution in [3.05, 3.63) is 24.3 Å². The van der Waals surface area contributed by atoms with Gasteiger partial charge in [0.1, 0.15) is 0 Å². The Labute approximate surface area is 136 Å². The lowest BCUT2D eigenvalue weighted by atomic mass is 9.95. The van der Waals surface area contributed by atoms with E-state index >= 15 is 0 Å². The number of nitrogens with two attached hydrogens (primary N) is 1. The Morgan fingerprint density at radius 1 is 1.45 bits per heavy atom. The van der Waals surface area contributed by atoms with Crippen molar-refractivity contribution >= 4 is 23.5 Å². The van der Waals surface area contributed by atoms with Crippen LogP contribution in [0, 0.1) is 5.92 Å². The van der Waals surface area contributed by atoms with E-state index in [0.29, 0.717) is 11.7 Å². The second-order valence-corrected chi connectivity index (χ2v) is 6.70. The molecule has 0 bridgehead atoms. The fraction of sp³-hybridized carbons (Fsp3) is 0.562. The van der Waals surface area contributed by atoms with Crippen molar-refractivity contribution in [2.24, 2.45) is 5.92 Å². The zero-order valence-corrected chi connectivity index (χ0v) is 14.2. The minimum absolute atomic E-state index is 0.00558. The maximum Gasteiger partial charge on any atom is 0.235 e. The van der Waals surface area contributed by atoms with Crippen molar-refractivity contribution in [3.63, 3.8) is 0 Å². The van der Waals surface area contributed by atoms with E-state index in [1.54, 1.807) is 7.11 Å². The SMILES string of the molecule is COC(C(C)C(=O)NSc1ccc(N)cc1)C1CCCN1C. The maximum atomic E-state index is 12.4. The normalized spacial score (nSPS) is 21.5. The fourth-order valence-corrected chi connectivity index (χ4v) is 3.61. The molecule has 0 spiro atoms. The molecule has 5 nitrogen and oxygen atoms in total. The second kappa shape index (κ2) is 7.85. The maximum absolute atomic E-state index is 12.4. The number of carbonyl (C=O) groups is 1. The van der Waals surface area contributed by atoms with Crippen LogP contribution in [0.5, 0.6) is 0 Å². The summed E-state index contributed by atoms with van der Waals surface area (Å²) < 4.78 is 8.54. The van der Waals surface area contributed by atoms with Gasteiger partial charge >= 0.3 is 0 Å². The van der Waals surface area contributed by atoms with Gasteiger partial charge < -0.3 is 15.4 Å². The van der Waals surface area contributed by atoms with Crippen LogP contribution < -0.4 is 10.5 Å². The highest BCUT2D eigenvalue weighted by Gasteiger charge is 2.35. The predicted molar refractivity (Wildman–Crippen MR) is 90.5 cm³/mol. The lowest BCUT2D eigenvalue weighted by Crippen LogP contribution is -2.45. The Balaban J connectivity index is 1.91. The number of likely N-dealkylation sites (tertiary alicyclic amines) is 1. The first-order valence-corrected chi connectivity index (χ1v) is 8.40. The van der Waals surface area contributed by atoms with Crippen molar-refractivity contribution in [3.8, 4) is 0 Å². The van der Waals surface area contributed by atoms with Crippen LogP contribution in [0.1, 0.15) is 19.8 Å². The molecule has 3 N–H and O–H groups in total. The van der Waals surface area contributed by atoms with Crippen LogP contribution >= 0.6 is 11.9 Å². The van der Waals surface area contributed by atoms with Gasteiger partial charge in [0.15, 0.2) is 0 Å². The lowest BCUT2D eigenvalue weighted by molar-refractivity contribution is -0.128. The number of ether oxygens (including phenoxy) is 1. The zero-order valence-electron chi connectivity index (χ0n) is 13.4. The zero-order chi connectivity index (χ0) is 16.1. The molecule has 0 saturated carbocycles. The highest BCUT2D eigenvalue weighted by molar-refractivity contribution is 7.98. The third-order valence-electron chi connectivity index (χ3n) is 4.28. The monoisotopic (exact) mass is 323 g/mol. The number of nitrogens with zero attached hydrogens (tertiary/aromatic N) is 1. The molecule has 22 heavy (non-hydrogen) atoms. The Hall–Kier alpha value is -1.24. The molecular formula is C16H25N3O2S. The molecule has 1 aliphatic rings. The van der Waals surface area contributed by atoms with Crippen molar-refractivity contribution < 1.29 is 9.53 Å². The van der Waals surface area contributed by atoms with Crippen molar-refractivity contribution in [2.75, 3.05) is 26.4 Å². The molecule has 2 rings (SSSR count). The van der Waals surface area contributed by atoms with E-state index in [-0.39, 0.29) is 17.9 Å². The number of nitrogens with one attached hydrogen (secondary N) is 1. The van der Waals surface area contributed by atoms with Gasteiger partial charge in [-0.15, -0.1) is 0 Å². The van der Waals surface area contributed by atoms with Crippen LogP contribution in [0.25, 0.3) is 0 Å². The lowest BCUT2D eigenvalue weighted by Gasteiger charge is -2.31. The summed E-state index contributed by atoms with van der Waals surface area (Å²) in [7, 11) is 3.78. The van der Waals surface area contributed by atoms with Crippen LogP contribution in [0.4, 0.5) is 5.69 Å². The average Bonchev–Trinajstić information content (AvgIpc) is 2.93. The molecule has 3 atom stereocenters. The first-order chi connectivity index (χ1) is 10.5. The van der Waals surface area contributed by atoms with E-state index in [1.165, 1.54) is 11.9 Å². The highest BCUT2D eigenvalue weighted by Crippen LogP contribution is 2.25. The largest absolute Gasteiger partial charge is 0.399 e. The van der Waals surface area contributed by atoms with Crippen LogP contribution in [-0.4, -0.2) is 43.7 Å². The van der Waals surface area contributed by atoms with Gasteiger partial charge in [0.2, 0.25) is 5.91 Å². The topological polar surface area (TPSA) is 67.6 Å². The Morgan fingerprint density at radius 3 is 2.68 bits per heavy atom. The summed E-state index contributed by atoms with van der Waals surface area (Å²) in [6, 6.07) is 7.74. The molecule has 1 aromatic rings. The van der Waals surface area contributed by atoms with Crippen LogP contribution in [0.3, 0.4) is 0 Å². The Bertz CT molecular complexity index is 495. The van der Waals surface area contributed by atoms with Gasteiger partial charge in [-0.3, -0.25) is 9.52 Å². The molecule has 1 heterocycles. The molecule has 1 amide bonds. The molecule has 0 aliphatic carbocycles. The number of amides is 1. The number of rotatable bonds is 6. The van der Waals surface area contributed by atoms with Gasteiger partial charge in [-0.25, -0.2) is 0 Å². The third-order valence-corrected chi connectivity index (χ3v) is 5.10. The van der Waals surface area contributed by atoms with E-state index in [0.717, 1.165) is 24.3 Å². The molecule has 3 unspecified atom stereocenters. The summed E-state index contributed by atoms with van der Waals surface area (Å²) >= 11 is 1.31. The number of benzene rings is 1. The number of carbonyl (C=O) groups excluding carboxylic acids is 1. The van der Waals surface area contributed by atoms with Gasteiger partial charge in [-0.05, 0) is 62.6 Å². The number of nitrogen functional groups attached to an aromatic ring is 1. The molecule has 122 valence electrons. The van der Waals surface area contributed by atoms with Crippen LogP contribution in [0.2, 0.25) is 0 Å². The van der Waals surface area contributed by atoms with Gasteiger partial charge in [0.25, 0.3) is 0 Å². The first-order valence-electron chi connectivity index (χ1n) is 7.58. The van der Waals surface area contributed by atoms with Gasteiger partial charge in [-0.1, -0.05) is 6.92 Å². The summed E-state index contributed by atoms with van der Waals surface area (Å²) in [5, 5.41) is 0. The number of methoxy groups -OCH3 is 1. The van der Waals surface area contributed by atoms with Crippen molar-refractivity contribution in [1.29, 1.82) is 0 Å². The molecule has 0 aromatic heterocycles. The van der Waals surface area contributed by atoms with Crippen molar-refractivity contribution in [2.45, 2.75) is 36.8 Å². The molecule has 1 aromatic carbocycles. The molecule has 0 radical (unpaired) electrons. The summed E-state index contributed by atoms with van der Waals surface area (Å²) in [4.78, 5) is 15.6. The third kappa shape index (κ3) is 4.15. The Morgan fingerprint density at radius 2 is 2.14 bits per heavy atom. The molecule has 1 fully saturated rings. The number of hydrogen-bond acceptors (Lipinski definition) is 5. The molecule has 1 aliphatic heterocycles. The fourth-order valence-electron chi connectivity index (χ4n) is 2.93. The van der Waals surface area contributed by atoms with Gasteiger partial charge in [-0.2, -0.15) is 0 Å². The van der Waals surface area contributed by atoms with E-state index in [4.69, 9.17) is 10.5 Å². The smallest absolute Gasteiger partial charge is 0.235 e. The minimum atomic E-state index is -0.197. The molecule has 1 saturated heterocycles. The first kappa shape index (κ1) is 17.1. The van der Waals surface area contributed by atoms with E-state index in [2.05, 4.69) is 16.7 Å². The van der Waals surface area contributed by atoms with Gasteiger partial charge in [0.05, 0.1) is 12.0 Å². The highest BCUT2D eigenvalue weighted by atomic mass is 32.2. The van der Waals surface area contributed by atoms with Crippen LogP contribution in [0.15, 0.2) is 29.2 Å². The predicted octanol–water partition coefficient (Wildman–Crippen LogP) is 2.14. The summed E-state index contributed by atoms with van der Waals surface area (Å²) in [6.07, 6.45) is 2.16. The minimum Gasteiger partial charge on any atom is -0.399 e. The summed E-state index contributed by atoms with van der Waals surface area (Å²) in [5.74, 6) is -0.203. The second-order valence-electron chi connectivity index (χ2n) is 5.82. The van der Waals surface area contributed by atoms with E-state index in [9.17, 15) is 4.79 Å².